The fourth-order valence-corrected chi connectivity index (χ4v) is 3.87. The molecule has 1 aliphatic heterocycles. The van der Waals surface area contributed by atoms with Crippen LogP contribution < -0.4 is 10.2 Å². The molecule has 1 saturated carbocycles. The molecule has 0 spiro atoms. The molecule has 29 heavy (non-hydrogen) atoms. The largest absolute Gasteiger partial charge is 0.339 e. The van der Waals surface area contributed by atoms with Gasteiger partial charge in [0.25, 0.3) is 11.8 Å². The van der Waals surface area contributed by atoms with Gasteiger partial charge in [-0.1, -0.05) is 24.3 Å². The Labute approximate surface area is 172 Å². The Morgan fingerprint density at radius 3 is 2.34 bits per heavy atom. The molecule has 0 radical (unpaired) electrons. The summed E-state index contributed by atoms with van der Waals surface area (Å²) in [5, 5.41) is 3.65. The Kier molecular flexibility index (Phi) is 5.95. The van der Waals surface area contributed by atoms with Crippen LogP contribution >= 0.6 is 0 Å². The van der Waals surface area contributed by atoms with E-state index in [1.54, 1.807) is 36.2 Å². The number of nitrogens with one attached hydrogen (secondary N) is 1. The normalized spacial score (nSPS) is 17.2. The Morgan fingerprint density at radius 2 is 1.66 bits per heavy atom. The monoisotopic (exact) mass is 391 g/mol. The smallest absolute Gasteiger partial charge is 0.258 e. The van der Waals surface area contributed by atoms with Crippen LogP contribution in [0.25, 0.3) is 0 Å². The van der Waals surface area contributed by atoms with Crippen LogP contribution in [0.2, 0.25) is 0 Å². The number of benzene rings is 2. The highest BCUT2D eigenvalue weighted by Crippen LogP contribution is 2.28. The number of carbonyl (C=O) groups is 2. The third-order valence-corrected chi connectivity index (χ3v) is 5.98. The highest BCUT2D eigenvalue weighted by Gasteiger charge is 2.26. The molecule has 1 heterocycles. The number of anilines is 1. The average molecular weight is 392 g/mol. The lowest BCUT2D eigenvalue weighted by Crippen LogP contribution is -2.45. The summed E-state index contributed by atoms with van der Waals surface area (Å²) < 4.78 is 0. The summed E-state index contributed by atoms with van der Waals surface area (Å²) in [7, 11) is 1.76. The summed E-state index contributed by atoms with van der Waals surface area (Å²) in [5.41, 5.74) is 1.94. The van der Waals surface area contributed by atoms with Crippen LogP contribution in [-0.2, 0) is 0 Å². The minimum Gasteiger partial charge on any atom is -0.339 e. The van der Waals surface area contributed by atoms with E-state index in [0.717, 1.165) is 44.1 Å². The van der Waals surface area contributed by atoms with E-state index in [4.69, 9.17) is 0 Å². The van der Waals surface area contributed by atoms with Crippen LogP contribution in [0.3, 0.4) is 0 Å². The van der Waals surface area contributed by atoms with Crippen molar-refractivity contribution < 1.29 is 9.59 Å². The van der Waals surface area contributed by atoms with Crippen LogP contribution in [0.5, 0.6) is 0 Å². The SMILES string of the molecule is CN(C(=O)c1cccc(C(=O)N2CCC(NCC3CC3)CC2)c1)c1ccccc1. The molecule has 2 amide bonds. The third kappa shape index (κ3) is 4.85. The molecule has 1 aliphatic carbocycles. The molecule has 2 fully saturated rings. The van der Waals surface area contributed by atoms with Crippen molar-refractivity contribution in [1.82, 2.24) is 10.2 Å². The summed E-state index contributed by atoms with van der Waals surface area (Å²) in [5.74, 6) is 0.778. The maximum Gasteiger partial charge on any atom is 0.258 e. The van der Waals surface area contributed by atoms with Gasteiger partial charge in [0, 0.05) is 43.0 Å². The van der Waals surface area contributed by atoms with E-state index >= 15 is 0 Å². The molecule has 0 unspecified atom stereocenters. The first-order chi connectivity index (χ1) is 14.1. The van der Waals surface area contributed by atoms with Gasteiger partial charge in [0.15, 0.2) is 0 Å². The topological polar surface area (TPSA) is 52.7 Å². The summed E-state index contributed by atoms with van der Waals surface area (Å²) in [6.07, 6.45) is 4.71. The zero-order chi connectivity index (χ0) is 20.2. The highest BCUT2D eigenvalue weighted by atomic mass is 16.2. The van der Waals surface area contributed by atoms with Gasteiger partial charge in [-0.15, -0.1) is 0 Å². The number of carbonyl (C=O) groups excluding carboxylic acids is 2. The Hall–Kier alpha value is -2.66. The van der Waals surface area contributed by atoms with E-state index in [2.05, 4.69) is 5.32 Å². The van der Waals surface area contributed by atoms with Gasteiger partial charge in [0.05, 0.1) is 0 Å². The molecule has 5 nitrogen and oxygen atoms in total. The van der Waals surface area contributed by atoms with Gasteiger partial charge in [-0.2, -0.15) is 0 Å². The zero-order valence-electron chi connectivity index (χ0n) is 17.0. The van der Waals surface area contributed by atoms with Crippen LogP contribution in [0, 0.1) is 5.92 Å². The molecule has 2 aromatic carbocycles. The Bertz CT molecular complexity index is 855. The molecule has 0 aromatic heterocycles. The highest BCUT2D eigenvalue weighted by molar-refractivity contribution is 6.07. The number of piperidine rings is 1. The van der Waals surface area contributed by atoms with Gasteiger partial charge in [-0.25, -0.2) is 0 Å². The zero-order valence-corrected chi connectivity index (χ0v) is 17.0. The van der Waals surface area contributed by atoms with Gasteiger partial charge < -0.3 is 15.1 Å². The molecule has 2 aliphatic rings. The maximum atomic E-state index is 13.0. The molecule has 0 bridgehead atoms. The van der Waals surface area contributed by atoms with E-state index < -0.39 is 0 Å². The number of amides is 2. The number of likely N-dealkylation sites (tertiary alicyclic amines) is 1. The lowest BCUT2D eigenvalue weighted by Gasteiger charge is -2.32. The van der Waals surface area contributed by atoms with Crippen LogP contribution in [0.4, 0.5) is 5.69 Å². The first-order valence-electron chi connectivity index (χ1n) is 10.6. The number of hydrogen-bond donors (Lipinski definition) is 1. The van der Waals surface area contributed by atoms with Crippen molar-refractivity contribution in [3.05, 3.63) is 65.7 Å². The quantitative estimate of drug-likeness (QED) is 0.819. The molecule has 4 rings (SSSR count). The minimum atomic E-state index is -0.117. The molecule has 1 saturated heterocycles. The second kappa shape index (κ2) is 8.78. The van der Waals surface area contributed by atoms with Gasteiger partial charge in [0.1, 0.15) is 0 Å². The molecular weight excluding hydrogens is 362 g/mol. The summed E-state index contributed by atoms with van der Waals surface area (Å²) >= 11 is 0. The fourth-order valence-electron chi connectivity index (χ4n) is 3.87. The van der Waals surface area contributed by atoms with Gasteiger partial charge in [-0.3, -0.25) is 9.59 Å². The molecule has 1 N–H and O–H groups in total. The van der Waals surface area contributed by atoms with Gasteiger partial charge in [-0.05, 0) is 68.5 Å². The van der Waals surface area contributed by atoms with E-state index in [1.165, 1.54) is 12.8 Å². The summed E-state index contributed by atoms with van der Waals surface area (Å²) in [6.45, 7) is 2.66. The molecule has 152 valence electrons. The first kappa shape index (κ1) is 19.6. The first-order valence-corrected chi connectivity index (χ1v) is 10.6. The number of rotatable bonds is 6. The van der Waals surface area contributed by atoms with Crippen molar-refractivity contribution >= 4 is 17.5 Å². The van der Waals surface area contributed by atoms with E-state index in [1.807, 2.05) is 35.2 Å². The van der Waals surface area contributed by atoms with E-state index in [0.29, 0.717) is 17.2 Å². The predicted molar refractivity (Wildman–Crippen MR) is 115 cm³/mol. The third-order valence-electron chi connectivity index (χ3n) is 5.98. The van der Waals surface area contributed by atoms with Crippen molar-refractivity contribution in [2.45, 2.75) is 31.7 Å². The average Bonchev–Trinajstić information content (AvgIpc) is 3.62. The second-order valence-corrected chi connectivity index (χ2v) is 8.20. The van der Waals surface area contributed by atoms with Crippen LogP contribution in [0.15, 0.2) is 54.6 Å². The van der Waals surface area contributed by atoms with Crippen LogP contribution in [-0.4, -0.2) is 49.4 Å². The van der Waals surface area contributed by atoms with Crippen LogP contribution in [0.1, 0.15) is 46.4 Å². The molecule has 0 atom stereocenters. The molecule has 5 heteroatoms. The van der Waals surface area contributed by atoms with Crippen molar-refractivity contribution in [1.29, 1.82) is 0 Å². The predicted octanol–water partition coefficient (Wildman–Crippen LogP) is 3.57. The van der Waals surface area contributed by atoms with Gasteiger partial charge >= 0.3 is 0 Å². The molecular formula is C24H29N3O2. The lowest BCUT2D eigenvalue weighted by atomic mass is 10.0. The number of nitrogens with zero attached hydrogens (tertiary/aromatic N) is 2. The van der Waals surface area contributed by atoms with Gasteiger partial charge in [0.2, 0.25) is 0 Å². The van der Waals surface area contributed by atoms with Crippen molar-refractivity contribution in [2.24, 2.45) is 5.92 Å². The summed E-state index contributed by atoms with van der Waals surface area (Å²) in [4.78, 5) is 29.4. The minimum absolute atomic E-state index is 0.0163. The second-order valence-electron chi connectivity index (χ2n) is 8.20. The lowest BCUT2D eigenvalue weighted by molar-refractivity contribution is 0.0705. The van der Waals surface area contributed by atoms with E-state index in [9.17, 15) is 9.59 Å². The number of para-hydroxylation sites is 1. The Morgan fingerprint density at radius 1 is 0.966 bits per heavy atom. The summed E-state index contributed by atoms with van der Waals surface area (Å²) in [6, 6.07) is 17.1. The molecule has 2 aromatic rings. The van der Waals surface area contributed by atoms with Crippen molar-refractivity contribution in [2.75, 3.05) is 31.6 Å². The maximum absolute atomic E-state index is 13.0. The number of hydrogen-bond acceptors (Lipinski definition) is 3. The standard InChI is InChI=1S/C24H29N3O2/c1-26(22-8-3-2-4-9-22)23(28)19-6-5-7-20(16-19)24(29)27-14-12-21(13-15-27)25-17-18-10-11-18/h2-9,16,18,21,25H,10-15,17H2,1H3. The van der Waals surface area contributed by atoms with Crippen molar-refractivity contribution in [3.63, 3.8) is 0 Å². The fraction of sp³-hybridized carbons (Fsp3) is 0.417. The van der Waals surface area contributed by atoms with E-state index in [-0.39, 0.29) is 11.8 Å². The Balaban J connectivity index is 1.37. The van der Waals surface area contributed by atoms with Crippen molar-refractivity contribution in [3.8, 4) is 0 Å².